The van der Waals surface area contributed by atoms with Crippen LogP contribution in [-0.4, -0.2) is 31.6 Å². The molecule has 0 amide bonds. The van der Waals surface area contributed by atoms with E-state index in [-0.39, 0.29) is 11.9 Å². The molecule has 1 aromatic carbocycles. The minimum atomic E-state index is -0.315. The Labute approximate surface area is 127 Å². The molecule has 0 aliphatic carbocycles. The zero-order valence-corrected chi connectivity index (χ0v) is 13.1. The van der Waals surface area contributed by atoms with E-state index in [1.165, 1.54) is 25.3 Å². The van der Waals surface area contributed by atoms with Gasteiger partial charge >= 0.3 is 0 Å². The lowest BCUT2D eigenvalue weighted by Gasteiger charge is -2.32. The first-order chi connectivity index (χ1) is 10.2. The van der Waals surface area contributed by atoms with Crippen molar-refractivity contribution >= 4 is 0 Å². The van der Waals surface area contributed by atoms with E-state index < -0.39 is 0 Å². The zero-order valence-electron chi connectivity index (χ0n) is 13.1. The molecular weight excluding hydrogens is 267 g/mol. The number of rotatable bonds is 6. The number of benzene rings is 1. The maximum atomic E-state index is 14.0. The van der Waals surface area contributed by atoms with Crippen LogP contribution in [0.15, 0.2) is 18.2 Å². The van der Waals surface area contributed by atoms with Gasteiger partial charge in [0.2, 0.25) is 0 Å². The Morgan fingerprint density at radius 1 is 1.38 bits per heavy atom. The summed E-state index contributed by atoms with van der Waals surface area (Å²) in [6.07, 6.45) is 4.58. The van der Waals surface area contributed by atoms with E-state index >= 15 is 0 Å². The van der Waals surface area contributed by atoms with Crippen LogP contribution in [0.3, 0.4) is 0 Å². The molecule has 1 atom stereocenters. The molecule has 2 rings (SSSR count). The van der Waals surface area contributed by atoms with Gasteiger partial charge in [0.1, 0.15) is 11.6 Å². The van der Waals surface area contributed by atoms with Crippen LogP contribution in [0.1, 0.15) is 44.2 Å². The highest BCUT2D eigenvalue weighted by Gasteiger charge is 2.21. The molecule has 0 saturated carbocycles. The molecule has 0 bridgehead atoms. The van der Waals surface area contributed by atoms with Crippen LogP contribution in [0.5, 0.6) is 5.75 Å². The molecular formula is C17H27FN2O. The second-order valence-electron chi connectivity index (χ2n) is 5.94. The summed E-state index contributed by atoms with van der Waals surface area (Å²) in [5, 5.41) is 0. The average Bonchev–Trinajstić information content (AvgIpc) is 2.52. The monoisotopic (exact) mass is 294 g/mol. The lowest BCUT2D eigenvalue weighted by atomic mass is 9.94. The van der Waals surface area contributed by atoms with Crippen molar-refractivity contribution in [2.75, 3.05) is 26.7 Å². The van der Waals surface area contributed by atoms with Crippen molar-refractivity contribution in [3.8, 4) is 5.75 Å². The van der Waals surface area contributed by atoms with Crippen LogP contribution < -0.4 is 10.5 Å². The summed E-state index contributed by atoms with van der Waals surface area (Å²) in [5.41, 5.74) is 6.70. The van der Waals surface area contributed by atoms with Gasteiger partial charge in [0.15, 0.2) is 0 Å². The number of nitrogens with zero attached hydrogens (tertiary/aromatic N) is 1. The van der Waals surface area contributed by atoms with Gasteiger partial charge in [-0.2, -0.15) is 0 Å². The predicted molar refractivity (Wildman–Crippen MR) is 84.0 cm³/mol. The van der Waals surface area contributed by atoms with E-state index in [1.54, 1.807) is 19.2 Å². The first-order valence-electron chi connectivity index (χ1n) is 7.96. The zero-order chi connectivity index (χ0) is 15.2. The minimum Gasteiger partial charge on any atom is -0.496 e. The van der Waals surface area contributed by atoms with E-state index in [4.69, 9.17) is 10.5 Å². The Balaban J connectivity index is 1.89. The first-order valence-corrected chi connectivity index (χ1v) is 7.96. The molecule has 1 saturated heterocycles. The van der Waals surface area contributed by atoms with Crippen molar-refractivity contribution in [1.82, 2.24) is 4.90 Å². The summed E-state index contributed by atoms with van der Waals surface area (Å²) in [7, 11) is 1.56. The van der Waals surface area contributed by atoms with Crippen molar-refractivity contribution in [2.45, 2.75) is 38.6 Å². The minimum absolute atomic E-state index is 0.272. The van der Waals surface area contributed by atoms with Gasteiger partial charge in [-0.1, -0.05) is 19.4 Å². The summed E-state index contributed by atoms with van der Waals surface area (Å²) in [6.45, 7) is 5.47. The van der Waals surface area contributed by atoms with Crippen LogP contribution in [0.25, 0.3) is 0 Å². The number of halogens is 1. The Hall–Kier alpha value is -1.13. The summed E-state index contributed by atoms with van der Waals surface area (Å²) in [4.78, 5) is 2.44. The fourth-order valence-corrected chi connectivity index (χ4v) is 3.14. The van der Waals surface area contributed by atoms with Gasteiger partial charge in [-0.05, 0) is 56.9 Å². The summed E-state index contributed by atoms with van der Waals surface area (Å²) >= 11 is 0. The summed E-state index contributed by atoms with van der Waals surface area (Å²) in [6, 6.07) is 4.56. The second-order valence-corrected chi connectivity index (χ2v) is 5.94. The van der Waals surface area contributed by atoms with E-state index in [1.807, 2.05) is 0 Å². The van der Waals surface area contributed by atoms with Gasteiger partial charge in [-0.3, -0.25) is 0 Å². The third-order valence-electron chi connectivity index (χ3n) is 4.64. The molecule has 1 fully saturated rings. The summed E-state index contributed by atoms with van der Waals surface area (Å²) < 4.78 is 19.2. The number of nitrogens with two attached hydrogens (primary N) is 1. The number of methoxy groups -OCH3 is 1. The number of likely N-dealkylation sites (tertiary alicyclic amines) is 1. The van der Waals surface area contributed by atoms with E-state index in [2.05, 4.69) is 11.8 Å². The molecule has 0 radical (unpaired) electrons. The molecule has 1 aromatic rings. The number of piperidine rings is 1. The molecule has 1 aliphatic rings. The Morgan fingerprint density at radius 3 is 2.71 bits per heavy atom. The number of hydrogen-bond acceptors (Lipinski definition) is 3. The highest BCUT2D eigenvalue weighted by Crippen LogP contribution is 2.29. The van der Waals surface area contributed by atoms with E-state index in [0.717, 1.165) is 32.0 Å². The topological polar surface area (TPSA) is 38.5 Å². The van der Waals surface area contributed by atoms with Crippen LogP contribution in [0.4, 0.5) is 4.39 Å². The highest BCUT2D eigenvalue weighted by molar-refractivity contribution is 5.37. The molecule has 3 nitrogen and oxygen atoms in total. The first kappa shape index (κ1) is 16.2. The standard InChI is InChI=1S/C17H27FN2O/c1-3-13-7-10-20(11-8-13)12-9-15(19)17-14(18)5-4-6-16(17)21-2/h4-6,13,15H,3,7-12,19H2,1-2H3. The third kappa shape index (κ3) is 4.17. The lowest BCUT2D eigenvalue weighted by Crippen LogP contribution is -2.35. The molecule has 0 spiro atoms. The fourth-order valence-electron chi connectivity index (χ4n) is 3.14. The Kier molecular flexibility index (Phi) is 6.00. The fraction of sp³-hybridized carbons (Fsp3) is 0.647. The lowest BCUT2D eigenvalue weighted by molar-refractivity contribution is 0.176. The van der Waals surface area contributed by atoms with Gasteiger partial charge in [-0.25, -0.2) is 4.39 Å². The van der Waals surface area contributed by atoms with Crippen LogP contribution in [-0.2, 0) is 0 Å². The van der Waals surface area contributed by atoms with Crippen LogP contribution >= 0.6 is 0 Å². The largest absolute Gasteiger partial charge is 0.496 e. The van der Waals surface area contributed by atoms with E-state index in [9.17, 15) is 4.39 Å². The van der Waals surface area contributed by atoms with Gasteiger partial charge in [0.25, 0.3) is 0 Å². The van der Waals surface area contributed by atoms with Crippen molar-refractivity contribution < 1.29 is 9.13 Å². The molecule has 0 aromatic heterocycles. The maximum Gasteiger partial charge on any atom is 0.131 e. The van der Waals surface area contributed by atoms with Crippen molar-refractivity contribution in [3.05, 3.63) is 29.6 Å². The average molecular weight is 294 g/mol. The predicted octanol–water partition coefficient (Wildman–Crippen LogP) is 3.35. The highest BCUT2D eigenvalue weighted by atomic mass is 19.1. The van der Waals surface area contributed by atoms with Crippen molar-refractivity contribution in [3.63, 3.8) is 0 Å². The molecule has 21 heavy (non-hydrogen) atoms. The third-order valence-corrected chi connectivity index (χ3v) is 4.64. The van der Waals surface area contributed by atoms with Gasteiger partial charge < -0.3 is 15.4 Å². The quantitative estimate of drug-likeness (QED) is 0.874. The van der Waals surface area contributed by atoms with Crippen molar-refractivity contribution in [1.29, 1.82) is 0 Å². The SMILES string of the molecule is CCC1CCN(CCC(N)c2c(F)cccc2OC)CC1. The molecule has 118 valence electrons. The molecule has 4 heteroatoms. The smallest absolute Gasteiger partial charge is 0.131 e. The van der Waals surface area contributed by atoms with Crippen LogP contribution in [0.2, 0.25) is 0 Å². The molecule has 2 N–H and O–H groups in total. The summed E-state index contributed by atoms with van der Waals surface area (Å²) in [5.74, 6) is 1.15. The second kappa shape index (κ2) is 7.76. The molecule has 1 unspecified atom stereocenters. The number of ether oxygens (including phenoxy) is 1. The number of hydrogen-bond donors (Lipinski definition) is 1. The maximum absolute atomic E-state index is 14.0. The van der Waals surface area contributed by atoms with Crippen molar-refractivity contribution in [2.24, 2.45) is 11.7 Å². The molecule has 1 heterocycles. The normalized spacial score (nSPS) is 18.7. The van der Waals surface area contributed by atoms with E-state index in [0.29, 0.717) is 11.3 Å². The van der Waals surface area contributed by atoms with Gasteiger partial charge in [0, 0.05) is 11.6 Å². The van der Waals surface area contributed by atoms with Gasteiger partial charge in [-0.15, -0.1) is 0 Å². The Bertz CT molecular complexity index is 444. The Morgan fingerprint density at radius 2 is 2.10 bits per heavy atom. The van der Waals surface area contributed by atoms with Gasteiger partial charge in [0.05, 0.1) is 7.11 Å². The van der Waals surface area contributed by atoms with Crippen LogP contribution in [0, 0.1) is 11.7 Å². The molecule has 1 aliphatic heterocycles.